The lowest BCUT2D eigenvalue weighted by molar-refractivity contribution is -0.0386. The lowest BCUT2D eigenvalue weighted by Gasteiger charge is -2.09. The molecule has 11 heavy (non-hydrogen) atoms. The molecular formula is C5H10F3NOS. The van der Waals surface area contributed by atoms with Crippen LogP contribution < -0.4 is 5.73 Å². The van der Waals surface area contributed by atoms with Crippen LogP contribution in [-0.4, -0.2) is 22.0 Å². The Labute approximate surface area is 65.4 Å². The molecular weight excluding hydrogens is 179 g/mol. The lowest BCUT2D eigenvalue weighted by atomic mass is 10.2. The molecule has 0 amide bonds. The predicted molar refractivity (Wildman–Crippen MR) is 37.3 cm³/mol. The molecule has 6 heteroatoms. The molecule has 0 saturated heterocycles. The highest BCUT2D eigenvalue weighted by Crippen LogP contribution is 2.21. The quantitative estimate of drug-likeness (QED) is 0.715. The normalized spacial score (nSPS) is 17.9. The molecule has 0 aliphatic carbocycles. The van der Waals surface area contributed by atoms with Gasteiger partial charge in [-0.1, -0.05) is 6.92 Å². The standard InChI is InChI=1S/C5H10F3NOS/c1-4(2-9)3-11(10)5(6,7)8/h4H,2-3,9H2,1H3. The van der Waals surface area contributed by atoms with Gasteiger partial charge in [0.1, 0.15) is 10.8 Å². The first-order valence-electron chi connectivity index (χ1n) is 3.03. The van der Waals surface area contributed by atoms with E-state index < -0.39 is 22.1 Å². The van der Waals surface area contributed by atoms with Gasteiger partial charge in [0, 0.05) is 5.75 Å². The van der Waals surface area contributed by atoms with E-state index in [2.05, 4.69) is 0 Å². The van der Waals surface area contributed by atoms with Gasteiger partial charge in [-0.15, -0.1) is 0 Å². The van der Waals surface area contributed by atoms with Crippen molar-refractivity contribution in [3.8, 4) is 0 Å². The first-order valence-corrected chi connectivity index (χ1v) is 4.35. The molecule has 0 spiro atoms. The zero-order valence-corrected chi connectivity index (χ0v) is 6.84. The molecule has 0 aliphatic heterocycles. The largest absolute Gasteiger partial charge is 0.471 e. The number of hydrogen-bond acceptors (Lipinski definition) is 2. The minimum absolute atomic E-state index is 0.127. The molecule has 0 aromatic heterocycles. The molecule has 0 aromatic carbocycles. The maximum Gasteiger partial charge on any atom is 0.471 e. The Morgan fingerprint density at radius 3 is 2.27 bits per heavy atom. The Morgan fingerprint density at radius 1 is 1.55 bits per heavy atom. The number of rotatable bonds is 3. The first-order chi connectivity index (χ1) is 4.88. The SMILES string of the molecule is CC(CN)CS(=O)C(F)(F)F. The van der Waals surface area contributed by atoms with Crippen LogP contribution in [0.3, 0.4) is 0 Å². The summed E-state index contributed by atoms with van der Waals surface area (Å²) >= 11 is 0. The van der Waals surface area contributed by atoms with Crippen LogP contribution >= 0.6 is 0 Å². The van der Waals surface area contributed by atoms with Crippen molar-refractivity contribution in [2.24, 2.45) is 11.7 Å². The van der Waals surface area contributed by atoms with Gasteiger partial charge >= 0.3 is 5.51 Å². The molecule has 2 unspecified atom stereocenters. The molecule has 0 bridgehead atoms. The Morgan fingerprint density at radius 2 is 2.00 bits per heavy atom. The van der Waals surface area contributed by atoms with E-state index in [4.69, 9.17) is 5.73 Å². The highest BCUT2D eigenvalue weighted by molar-refractivity contribution is 7.85. The average Bonchev–Trinajstić information content (AvgIpc) is 1.85. The third kappa shape index (κ3) is 4.36. The van der Waals surface area contributed by atoms with Gasteiger partial charge < -0.3 is 5.73 Å². The van der Waals surface area contributed by atoms with Crippen molar-refractivity contribution in [3.63, 3.8) is 0 Å². The molecule has 0 saturated carbocycles. The maximum absolute atomic E-state index is 11.6. The summed E-state index contributed by atoms with van der Waals surface area (Å²) in [5.74, 6) is -0.752. The summed E-state index contributed by atoms with van der Waals surface area (Å²) in [6, 6.07) is 0. The van der Waals surface area contributed by atoms with Crippen LogP contribution in [0.1, 0.15) is 6.92 Å². The summed E-state index contributed by atoms with van der Waals surface area (Å²) in [5.41, 5.74) is 0.468. The molecule has 0 radical (unpaired) electrons. The average molecular weight is 189 g/mol. The number of halogens is 3. The van der Waals surface area contributed by atoms with E-state index in [-0.39, 0.29) is 12.5 Å². The summed E-state index contributed by atoms with van der Waals surface area (Å²) in [7, 11) is -2.75. The van der Waals surface area contributed by atoms with Gasteiger partial charge in [-0.2, -0.15) is 13.2 Å². The summed E-state index contributed by atoms with van der Waals surface area (Å²) in [5, 5.41) is 0. The van der Waals surface area contributed by atoms with Gasteiger partial charge in [-0.05, 0) is 12.5 Å². The summed E-state index contributed by atoms with van der Waals surface area (Å²) in [6.07, 6.45) is 0. The van der Waals surface area contributed by atoms with E-state index in [1.54, 1.807) is 0 Å². The lowest BCUT2D eigenvalue weighted by Crippen LogP contribution is -2.26. The molecule has 0 heterocycles. The Balaban J connectivity index is 3.88. The van der Waals surface area contributed by atoms with E-state index in [9.17, 15) is 17.4 Å². The van der Waals surface area contributed by atoms with Crippen molar-refractivity contribution in [2.75, 3.05) is 12.3 Å². The highest BCUT2D eigenvalue weighted by Gasteiger charge is 2.36. The van der Waals surface area contributed by atoms with Crippen molar-refractivity contribution < 1.29 is 17.4 Å². The third-order valence-corrected chi connectivity index (χ3v) is 2.48. The Bertz CT molecular complexity index is 147. The zero-order chi connectivity index (χ0) is 9.07. The monoisotopic (exact) mass is 189 g/mol. The van der Waals surface area contributed by atoms with Crippen molar-refractivity contribution in [2.45, 2.75) is 12.4 Å². The van der Waals surface area contributed by atoms with Gasteiger partial charge in [0.05, 0.1) is 0 Å². The zero-order valence-electron chi connectivity index (χ0n) is 6.02. The van der Waals surface area contributed by atoms with E-state index in [1.807, 2.05) is 0 Å². The fraction of sp³-hybridized carbons (Fsp3) is 1.00. The third-order valence-electron chi connectivity index (χ3n) is 1.10. The summed E-state index contributed by atoms with van der Waals surface area (Å²) in [4.78, 5) is 0. The molecule has 0 fully saturated rings. The molecule has 68 valence electrons. The summed E-state index contributed by atoms with van der Waals surface area (Å²) in [6.45, 7) is 1.66. The van der Waals surface area contributed by atoms with Crippen LogP contribution in [0.2, 0.25) is 0 Å². The van der Waals surface area contributed by atoms with Crippen molar-refractivity contribution >= 4 is 10.8 Å². The van der Waals surface area contributed by atoms with E-state index in [0.29, 0.717) is 0 Å². The second kappa shape index (κ2) is 4.06. The molecule has 2 atom stereocenters. The molecule has 2 nitrogen and oxygen atoms in total. The number of hydrogen-bond donors (Lipinski definition) is 1. The molecule has 2 N–H and O–H groups in total. The van der Waals surface area contributed by atoms with Crippen LogP contribution in [-0.2, 0) is 10.8 Å². The second-order valence-electron chi connectivity index (χ2n) is 2.30. The maximum atomic E-state index is 11.6. The van der Waals surface area contributed by atoms with Crippen LogP contribution in [0.4, 0.5) is 13.2 Å². The summed E-state index contributed by atoms with van der Waals surface area (Å²) < 4.78 is 45.2. The van der Waals surface area contributed by atoms with Crippen molar-refractivity contribution in [1.29, 1.82) is 0 Å². The Kier molecular flexibility index (Phi) is 4.02. The predicted octanol–water partition coefficient (Wildman–Crippen LogP) is 0.850. The van der Waals surface area contributed by atoms with Gasteiger partial charge in [-0.3, -0.25) is 4.21 Å². The number of alkyl halides is 3. The molecule has 0 aromatic rings. The van der Waals surface area contributed by atoms with E-state index in [0.717, 1.165) is 0 Å². The van der Waals surface area contributed by atoms with Gasteiger partial charge in [0.25, 0.3) is 0 Å². The van der Waals surface area contributed by atoms with Crippen LogP contribution in [0, 0.1) is 5.92 Å². The minimum atomic E-state index is -4.59. The molecule has 0 aliphatic rings. The van der Waals surface area contributed by atoms with Crippen LogP contribution in [0.25, 0.3) is 0 Å². The van der Waals surface area contributed by atoms with E-state index >= 15 is 0 Å². The van der Waals surface area contributed by atoms with Gasteiger partial charge in [-0.25, -0.2) is 0 Å². The first kappa shape index (κ1) is 10.9. The Hall–Kier alpha value is -0.100. The minimum Gasteiger partial charge on any atom is -0.330 e. The van der Waals surface area contributed by atoms with Gasteiger partial charge in [0.15, 0.2) is 0 Å². The van der Waals surface area contributed by atoms with Gasteiger partial charge in [0.2, 0.25) is 0 Å². The van der Waals surface area contributed by atoms with E-state index in [1.165, 1.54) is 6.92 Å². The van der Waals surface area contributed by atoms with Crippen molar-refractivity contribution in [3.05, 3.63) is 0 Å². The molecule has 0 rings (SSSR count). The highest BCUT2D eigenvalue weighted by atomic mass is 32.2. The van der Waals surface area contributed by atoms with Crippen LogP contribution in [0.5, 0.6) is 0 Å². The fourth-order valence-corrected chi connectivity index (χ4v) is 1.26. The number of nitrogens with two attached hydrogens (primary N) is 1. The van der Waals surface area contributed by atoms with Crippen molar-refractivity contribution in [1.82, 2.24) is 0 Å². The smallest absolute Gasteiger partial charge is 0.330 e. The fourth-order valence-electron chi connectivity index (χ4n) is 0.421. The van der Waals surface area contributed by atoms with Crippen LogP contribution in [0.15, 0.2) is 0 Å². The topological polar surface area (TPSA) is 43.1 Å². The second-order valence-corrected chi connectivity index (χ2v) is 3.79.